The molecule has 2 aromatic carbocycles. The number of anilines is 1. The lowest BCUT2D eigenvalue weighted by Gasteiger charge is -2.07. The van der Waals surface area contributed by atoms with E-state index >= 15 is 0 Å². The van der Waals surface area contributed by atoms with Crippen molar-refractivity contribution in [1.82, 2.24) is 0 Å². The van der Waals surface area contributed by atoms with Crippen LogP contribution in [0.25, 0.3) is 0 Å². The van der Waals surface area contributed by atoms with Gasteiger partial charge in [-0.05, 0) is 48.9 Å². The van der Waals surface area contributed by atoms with E-state index in [0.29, 0.717) is 21.6 Å². The standard InChI is InChI=1S/C19H15Cl2NO3/c1-12-4-2-3-5-16(12)22-19(23)18-9-7-14(25-18)11-24-17-8-6-13(20)10-15(17)21/h2-10H,11H2,1H3,(H,22,23). The van der Waals surface area contributed by atoms with Crippen molar-refractivity contribution in [2.24, 2.45) is 0 Å². The Hall–Kier alpha value is -2.43. The van der Waals surface area contributed by atoms with Crippen molar-refractivity contribution >= 4 is 34.8 Å². The molecule has 4 nitrogen and oxygen atoms in total. The Kier molecular flexibility index (Phi) is 5.31. The molecule has 0 unspecified atom stereocenters. The Balaban J connectivity index is 1.64. The van der Waals surface area contributed by atoms with Gasteiger partial charge in [-0.25, -0.2) is 0 Å². The van der Waals surface area contributed by atoms with Gasteiger partial charge in [0, 0.05) is 10.7 Å². The molecule has 0 atom stereocenters. The molecule has 1 heterocycles. The van der Waals surface area contributed by atoms with Crippen LogP contribution in [0.5, 0.6) is 5.75 Å². The summed E-state index contributed by atoms with van der Waals surface area (Å²) in [5.41, 5.74) is 1.72. The summed E-state index contributed by atoms with van der Waals surface area (Å²) in [5, 5.41) is 3.77. The minimum absolute atomic E-state index is 0.152. The second-order valence-electron chi connectivity index (χ2n) is 5.40. The first-order chi connectivity index (χ1) is 12.0. The van der Waals surface area contributed by atoms with Gasteiger partial charge in [0.2, 0.25) is 0 Å². The zero-order chi connectivity index (χ0) is 17.8. The van der Waals surface area contributed by atoms with Crippen LogP contribution in [0.15, 0.2) is 59.0 Å². The lowest BCUT2D eigenvalue weighted by molar-refractivity contribution is 0.0992. The predicted molar refractivity (Wildman–Crippen MR) is 98.6 cm³/mol. The molecule has 1 amide bonds. The number of aryl methyl sites for hydroxylation is 1. The fourth-order valence-electron chi connectivity index (χ4n) is 2.22. The summed E-state index contributed by atoms with van der Waals surface area (Å²) in [6.07, 6.45) is 0. The highest BCUT2D eigenvalue weighted by atomic mass is 35.5. The summed E-state index contributed by atoms with van der Waals surface area (Å²) in [7, 11) is 0. The number of halogens is 2. The van der Waals surface area contributed by atoms with Gasteiger partial charge in [-0.3, -0.25) is 4.79 Å². The molecule has 0 spiro atoms. The summed E-state index contributed by atoms with van der Waals surface area (Å²) >= 11 is 11.9. The van der Waals surface area contributed by atoms with Crippen molar-refractivity contribution in [1.29, 1.82) is 0 Å². The molecule has 0 saturated carbocycles. The number of carbonyl (C=O) groups is 1. The van der Waals surface area contributed by atoms with Crippen LogP contribution in [0.1, 0.15) is 21.9 Å². The third-order valence-electron chi connectivity index (χ3n) is 3.54. The van der Waals surface area contributed by atoms with Crippen LogP contribution in [0.4, 0.5) is 5.69 Å². The lowest BCUT2D eigenvalue weighted by atomic mass is 10.2. The lowest BCUT2D eigenvalue weighted by Crippen LogP contribution is -2.11. The number of rotatable bonds is 5. The number of hydrogen-bond donors (Lipinski definition) is 1. The minimum atomic E-state index is -0.315. The van der Waals surface area contributed by atoms with Crippen LogP contribution in [-0.2, 0) is 6.61 Å². The molecule has 128 valence electrons. The first-order valence-electron chi connectivity index (χ1n) is 7.56. The van der Waals surface area contributed by atoms with Gasteiger partial charge in [0.1, 0.15) is 18.1 Å². The fraction of sp³-hybridized carbons (Fsp3) is 0.105. The van der Waals surface area contributed by atoms with Crippen LogP contribution in [0.3, 0.4) is 0 Å². The molecule has 3 rings (SSSR count). The SMILES string of the molecule is Cc1ccccc1NC(=O)c1ccc(COc2ccc(Cl)cc2Cl)o1. The average molecular weight is 376 g/mol. The van der Waals surface area contributed by atoms with E-state index in [1.807, 2.05) is 31.2 Å². The molecule has 0 bridgehead atoms. The van der Waals surface area contributed by atoms with Crippen LogP contribution in [0.2, 0.25) is 10.0 Å². The molecule has 3 aromatic rings. The highest BCUT2D eigenvalue weighted by Crippen LogP contribution is 2.28. The number of furan rings is 1. The van der Waals surface area contributed by atoms with Crippen molar-refractivity contribution in [3.8, 4) is 5.75 Å². The molecule has 1 N–H and O–H groups in total. The second kappa shape index (κ2) is 7.64. The number of benzene rings is 2. The Labute approximate surface area is 155 Å². The molecule has 0 saturated heterocycles. The van der Waals surface area contributed by atoms with Gasteiger partial charge in [0.05, 0.1) is 5.02 Å². The Bertz CT molecular complexity index is 905. The van der Waals surface area contributed by atoms with E-state index in [2.05, 4.69) is 5.32 Å². The zero-order valence-corrected chi connectivity index (χ0v) is 14.9. The Morgan fingerprint density at radius 2 is 1.92 bits per heavy atom. The van der Waals surface area contributed by atoms with E-state index < -0.39 is 0 Å². The molecule has 6 heteroatoms. The summed E-state index contributed by atoms with van der Waals surface area (Å²) in [6.45, 7) is 2.08. The molecule has 0 fully saturated rings. The minimum Gasteiger partial charge on any atom is -0.484 e. The molecule has 0 aliphatic carbocycles. The van der Waals surface area contributed by atoms with E-state index in [1.54, 1.807) is 30.3 Å². The smallest absolute Gasteiger partial charge is 0.291 e. The van der Waals surface area contributed by atoms with E-state index in [0.717, 1.165) is 11.3 Å². The first kappa shape index (κ1) is 17.4. The van der Waals surface area contributed by atoms with Gasteiger partial charge in [-0.2, -0.15) is 0 Å². The quantitative estimate of drug-likeness (QED) is 0.619. The fourth-order valence-corrected chi connectivity index (χ4v) is 2.68. The number of nitrogens with one attached hydrogen (secondary N) is 1. The van der Waals surface area contributed by atoms with Crippen LogP contribution >= 0.6 is 23.2 Å². The van der Waals surface area contributed by atoms with Crippen LogP contribution < -0.4 is 10.1 Å². The maximum Gasteiger partial charge on any atom is 0.291 e. The molecule has 25 heavy (non-hydrogen) atoms. The van der Waals surface area contributed by atoms with Gasteiger partial charge < -0.3 is 14.5 Å². The monoisotopic (exact) mass is 375 g/mol. The van der Waals surface area contributed by atoms with Gasteiger partial charge >= 0.3 is 0 Å². The maximum absolute atomic E-state index is 12.3. The summed E-state index contributed by atoms with van der Waals surface area (Å²) in [4.78, 5) is 12.3. The topological polar surface area (TPSA) is 51.5 Å². The van der Waals surface area contributed by atoms with E-state index in [4.69, 9.17) is 32.4 Å². The molecular formula is C19H15Cl2NO3. The number of amides is 1. The predicted octanol–water partition coefficient (Wildman–Crippen LogP) is 5.73. The van der Waals surface area contributed by atoms with Crippen LogP contribution in [-0.4, -0.2) is 5.91 Å². The van der Waals surface area contributed by atoms with E-state index in [1.165, 1.54) is 0 Å². The van der Waals surface area contributed by atoms with E-state index in [-0.39, 0.29) is 18.3 Å². The molecular weight excluding hydrogens is 361 g/mol. The highest BCUT2D eigenvalue weighted by Gasteiger charge is 2.13. The third-order valence-corrected chi connectivity index (χ3v) is 4.07. The summed E-state index contributed by atoms with van der Waals surface area (Å²) in [6, 6.07) is 15.8. The normalized spacial score (nSPS) is 10.5. The molecule has 1 aromatic heterocycles. The zero-order valence-electron chi connectivity index (χ0n) is 13.4. The van der Waals surface area contributed by atoms with Gasteiger partial charge in [0.25, 0.3) is 5.91 Å². The van der Waals surface area contributed by atoms with Gasteiger partial charge in [-0.15, -0.1) is 0 Å². The van der Waals surface area contributed by atoms with Crippen molar-refractivity contribution in [3.05, 3.63) is 81.7 Å². The van der Waals surface area contributed by atoms with E-state index in [9.17, 15) is 4.79 Å². The third kappa shape index (κ3) is 4.35. The van der Waals surface area contributed by atoms with Crippen molar-refractivity contribution < 1.29 is 13.9 Å². The van der Waals surface area contributed by atoms with Gasteiger partial charge in [-0.1, -0.05) is 41.4 Å². The summed E-state index contributed by atoms with van der Waals surface area (Å²) in [5.74, 6) is 0.906. The van der Waals surface area contributed by atoms with Crippen molar-refractivity contribution in [3.63, 3.8) is 0 Å². The van der Waals surface area contributed by atoms with Gasteiger partial charge in [0.15, 0.2) is 5.76 Å². The number of carbonyl (C=O) groups excluding carboxylic acids is 1. The second-order valence-corrected chi connectivity index (χ2v) is 6.24. The molecule has 0 aliphatic heterocycles. The Morgan fingerprint density at radius 1 is 1.12 bits per heavy atom. The largest absolute Gasteiger partial charge is 0.484 e. The maximum atomic E-state index is 12.3. The summed E-state index contributed by atoms with van der Waals surface area (Å²) < 4.78 is 11.1. The van der Waals surface area contributed by atoms with Crippen molar-refractivity contribution in [2.45, 2.75) is 13.5 Å². The number of ether oxygens (including phenoxy) is 1. The first-order valence-corrected chi connectivity index (χ1v) is 8.32. The van der Waals surface area contributed by atoms with Crippen LogP contribution in [0, 0.1) is 6.92 Å². The van der Waals surface area contributed by atoms with Crippen molar-refractivity contribution in [2.75, 3.05) is 5.32 Å². The number of hydrogen-bond acceptors (Lipinski definition) is 3. The molecule has 0 aliphatic rings. The highest BCUT2D eigenvalue weighted by molar-refractivity contribution is 6.35. The Morgan fingerprint density at radius 3 is 2.68 bits per heavy atom. The molecule has 0 radical (unpaired) electrons. The average Bonchev–Trinajstić information content (AvgIpc) is 3.05. The number of para-hydroxylation sites is 1.